The second-order valence-electron chi connectivity index (χ2n) is 3.64. The van der Waals surface area contributed by atoms with E-state index >= 15 is 0 Å². The molecule has 3 heteroatoms. The number of carbonyl (C=O) groups excluding carboxylic acids is 1. The average Bonchev–Trinajstić information content (AvgIpc) is 2.26. The molecular formula is C12H17BO2. The molecule has 0 aliphatic heterocycles. The topological polar surface area (TPSA) is 26.3 Å². The SMILES string of the molecule is CCB(CC)Oc1ccc(C(C)=O)cc1. The first kappa shape index (κ1) is 11.8. The lowest BCUT2D eigenvalue weighted by Gasteiger charge is -2.12. The predicted molar refractivity (Wildman–Crippen MR) is 63.8 cm³/mol. The van der Waals surface area contributed by atoms with E-state index < -0.39 is 0 Å². The fraction of sp³-hybridized carbons (Fsp3) is 0.417. The fourth-order valence-corrected chi connectivity index (χ4v) is 1.42. The van der Waals surface area contributed by atoms with Crippen molar-refractivity contribution in [2.75, 3.05) is 0 Å². The van der Waals surface area contributed by atoms with Crippen LogP contribution in [-0.2, 0) is 0 Å². The van der Waals surface area contributed by atoms with Gasteiger partial charge >= 0.3 is 6.92 Å². The monoisotopic (exact) mass is 204 g/mol. The third kappa shape index (κ3) is 3.42. The first-order valence-electron chi connectivity index (χ1n) is 5.45. The van der Waals surface area contributed by atoms with Gasteiger partial charge in [-0.05, 0) is 43.8 Å². The minimum absolute atomic E-state index is 0.0871. The Bertz CT molecular complexity index is 315. The molecule has 0 saturated heterocycles. The van der Waals surface area contributed by atoms with Crippen molar-refractivity contribution in [2.24, 2.45) is 0 Å². The summed E-state index contributed by atoms with van der Waals surface area (Å²) < 4.78 is 5.74. The lowest BCUT2D eigenvalue weighted by atomic mass is 9.62. The van der Waals surface area contributed by atoms with Crippen LogP contribution < -0.4 is 4.65 Å². The minimum atomic E-state index is 0.0871. The molecule has 0 heterocycles. The first-order chi connectivity index (χ1) is 7.17. The van der Waals surface area contributed by atoms with E-state index in [1.807, 2.05) is 12.1 Å². The van der Waals surface area contributed by atoms with Crippen molar-refractivity contribution < 1.29 is 9.45 Å². The van der Waals surface area contributed by atoms with Crippen molar-refractivity contribution in [1.82, 2.24) is 0 Å². The van der Waals surface area contributed by atoms with Crippen LogP contribution in [0.4, 0.5) is 0 Å². The summed E-state index contributed by atoms with van der Waals surface area (Å²) in [5.41, 5.74) is 0.729. The minimum Gasteiger partial charge on any atom is -0.561 e. The van der Waals surface area contributed by atoms with Gasteiger partial charge in [0.2, 0.25) is 0 Å². The number of rotatable bonds is 5. The molecule has 1 aromatic rings. The van der Waals surface area contributed by atoms with Gasteiger partial charge in [-0.2, -0.15) is 0 Å². The third-order valence-corrected chi connectivity index (χ3v) is 2.47. The fourth-order valence-electron chi connectivity index (χ4n) is 1.42. The molecule has 2 nitrogen and oxygen atoms in total. The number of benzene rings is 1. The smallest absolute Gasteiger partial charge is 0.357 e. The van der Waals surface area contributed by atoms with Crippen LogP contribution in [0.3, 0.4) is 0 Å². The highest BCUT2D eigenvalue weighted by Crippen LogP contribution is 2.15. The van der Waals surface area contributed by atoms with Gasteiger partial charge < -0.3 is 4.65 Å². The highest BCUT2D eigenvalue weighted by Gasteiger charge is 2.11. The molecule has 80 valence electrons. The molecular weight excluding hydrogens is 187 g/mol. The van der Waals surface area contributed by atoms with E-state index in [4.69, 9.17) is 4.65 Å². The Morgan fingerprint density at radius 2 is 1.73 bits per heavy atom. The van der Waals surface area contributed by atoms with Crippen LogP contribution in [0.25, 0.3) is 0 Å². The van der Waals surface area contributed by atoms with Gasteiger partial charge in [-0.25, -0.2) is 0 Å². The van der Waals surface area contributed by atoms with Crippen LogP contribution in [0.5, 0.6) is 5.75 Å². The van der Waals surface area contributed by atoms with Crippen LogP contribution in [-0.4, -0.2) is 12.7 Å². The lowest BCUT2D eigenvalue weighted by molar-refractivity contribution is 0.101. The molecule has 0 N–H and O–H groups in total. The Labute approximate surface area is 91.8 Å². The summed E-state index contributed by atoms with van der Waals surface area (Å²) in [6.07, 6.45) is 2.01. The van der Waals surface area contributed by atoms with Crippen molar-refractivity contribution in [3.05, 3.63) is 29.8 Å². The maximum atomic E-state index is 11.1. The normalized spacial score (nSPS) is 9.80. The standard InChI is InChI=1S/C12H17BO2/c1-4-13(5-2)15-12-8-6-11(7-9-12)10(3)14/h6-9H,4-5H2,1-3H3. The summed E-state index contributed by atoms with van der Waals surface area (Å²) in [5, 5.41) is 0. The molecule has 0 bridgehead atoms. The molecule has 0 spiro atoms. The number of carbonyl (C=O) groups is 1. The highest BCUT2D eigenvalue weighted by molar-refractivity contribution is 6.52. The van der Waals surface area contributed by atoms with E-state index in [0.717, 1.165) is 24.0 Å². The summed E-state index contributed by atoms with van der Waals surface area (Å²) in [5.74, 6) is 0.929. The van der Waals surface area contributed by atoms with Crippen molar-refractivity contribution in [3.8, 4) is 5.75 Å². The molecule has 0 aliphatic carbocycles. The average molecular weight is 204 g/mol. The summed E-state index contributed by atoms with van der Waals surface area (Å²) in [6.45, 7) is 6.06. The van der Waals surface area contributed by atoms with Crippen LogP contribution in [0, 0.1) is 0 Å². The number of ketones is 1. The Balaban J connectivity index is 2.67. The van der Waals surface area contributed by atoms with Crippen LogP contribution in [0.15, 0.2) is 24.3 Å². The molecule has 0 saturated carbocycles. The first-order valence-corrected chi connectivity index (χ1v) is 5.45. The van der Waals surface area contributed by atoms with Gasteiger partial charge in [0.05, 0.1) is 5.75 Å². The maximum Gasteiger partial charge on any atom is 0.357 e. The highest BCUT2D eigenvalue weighted by atomic mass is 16.4. The van der Waals surface area contributed by atoms with Gasteiger partial charge in [-0.1, -0.05) is 13.8 Å². The van der Waals surface area contributed by atoms with E-state index in [0.29, 0.717) is 0 Å². The van der Waals surface area contributed by atoms with Gasteiger partial charge in [0.1, 0.15) is 0 Å². The summed E-state index contributed by atoms with van der Waals surface area (Å²) in [4.78, 5) is 11.1. The van der Waals surface area contributed by atoms with E-state index in [-0.39, 0.29) is 12.7 Å². The lowest BCUT2D eigenvalue weighted by Crippen LogP contribution is -2.18. The molecule has 0 amide bonds. The Kier molecular flexibility index (Phi) is 4.41. The van der Waals surface area contributed by atoms with Crippen LogP contribution in [0.2, 0.25) is 12.6 Å². The van der Waals surface area contributed by atoms with Crippen molar-refractivity contribution in [3.63, 3.8) is 0 Å². The van der Waals surface area contributed by atoms with E-state index in [1.165, 1.54) is 0 Å². The second kappa shape index (κ2) is 5.59. The van der Waals surface area contributed by atoms with Gasteiger partial charge in [0.25, 0.3) is 0 Å². The van der Waals surface area contributed by atoms with Gasteiger partial charge in [-0.15, -0.1) is 0 Å². The number of hydrogen-bond acceptors (Lipinski definition) is 2. The van der Waals surface area contributed by atoms with E-state index in [9.17, 15) is 4.79 Å². The number of Topliss-reactive ketones (excluding diaryl/α,β-unsaturated/α-hetero) is 1. The Hall–Kier alpha value is -1.25. The molecule has 1 aromatic carbocycles. The molecule has 0 fully saturated rings. The Morgan fingerprint density at radius 3 is 2.13 bits per heavy atom. The van der Waals surface area contributed by atoms with Crippen molar-refractivity contribution >= 4 is 12.7 Å². The Morgan fingerprint density at radius 1 is 1.20 bits per heavy atom. The summed E-state index contributed by atoms with van der Waals surface area (Å²) in [7, 11) is 0. The van der Waals surface area contributed by atoms with Crippen molar-refractivity contribution in [1.29, 1.82) is 0 Å². The van der Waals surface area contributed by atoms with E-state index in [2.05, 4.69) is 13.8 Å². The molecule has 1 rings (SSSR count). The molecule has 0 radical (unpaired) electrons. The van der Waals surface area contributed by atoms with Crippen molar-refractivity contribution in [2.45, 2.75) is 33.4 Å². The quantitative estimate of drug-likeness (QED) is 0.543. The third-order valence-electron chi connectivity index (χ3n) is 2.47. The molecule has 15 heavy (non-hydrogen) atoms. The molecule has 0 aromatic heterocycles. The zero-order valence-electron chi connectivity index (χ0n) is 9.62. The molecule has 0 aliphatic rings. The zero-order valence-corrected chi connectivity index (χ0v) is 9.62. The molecule has 0 atom stereocenters. The van der Waals surface area contributed by atoms with Gasteiger partial charge in [-0.3, -0.25) is 4.79 Å². The molecule has 0 unspecified atom stereocenters. The van der Waals surface area contributed by atoms with E-state index in [1.54, 1.807) is 19.1 Å². The zero-order chi connectivity index (χ0) is 11.3. The summed E-state index contributed by atoms with van der Waals surface area (Å²) >= 11 is 0. The van der Waals surface area contributed by atoms with Crippen LogP contribution in [0.1, 0.15) is 31.1 Å². The largest absolute Gasteiger partial charge is 0.561 e. The predicted octanol–water partition coefficient (Wildman–Crippen LogP) is 3.30. The number of hydrogen-bond donors (Lipinski definition) is 0. The van der Waals surface area contributed by atoms with Gasteiger partial charge in [0, 0.05) is 5.56 Å². The van der Waals surface area contributed by atoms with Crippen LogP contribution >= 0.6 is 0 Å². The second-order valence-corrected chi connectivity index (χ2v) is 3.64. The maximum absolute atomic E-state index is 11.1. The summed E-state index contributed by atoms with van der Waals surface area (Å²) in [6, 6.07) is 7.32. The van der Waals surface area contributed by atoms with Gasteiger partial charge in [0.15, 0.2) is 5.78 Å².